The Morgan fingerprint density at radius 1 is 0.750 bits per heavy atom. The highest BCUT2D eigenvalue weighted by atomic mass is 32.2. The summed E-state index contributed by atoms with van der Waals surface area (Å²) in [7, 11) is 0. The van der Waals surface area contributed by atoms with Gasteiger partial charge in [-0.05, 0) is 29.7 Å². The Hall–Kier alpha value is -3.30. The van der Waals surface area contributed by atoms with Gasteiger partial charge in [-0.25, -0.2) is 0 Å². The van der Waals surface area contributed by atoms with Crippen LogP contribution in [0.2, 0.25) is 0 Å². The van der Waals surface area contributed by atoms with Gasteiger partial charge in [-0.1, -0.05) is 115 Å². The molecule has 0 spiro atoms. The zero-order valence-corrected chi connectivity index (χ0v) is 18.4. The summed E-state index contributed by atoms with van der Waals surface area (Å²) in [6.07, 6.45) is 0.786. The number of thioether (sulfide) groups is 1. The molecule has 3 atom stereocenters. The van der Waals surface area contributed by atoms with E-state index >= 15 is 0 Å². The number of rotatable bonds is 4. The first-order valence-corrected chi connectivity index (χ1v) is 11.9. The zero-order chi connectivity index (χ0) is 21.5. The number of Topliss-reactive ketones (excluding diaryl/α,β-unsaturated/α-hetero) is 1. The quantitative estimate of drug-likeness (QED) is 0.320. The van der Waals surface area contributed by atoms with E-state index < -0.39 is 4.87 Å². The molecular weight excluding hydrogens is 410 g/mol. The Morgan fingerprint density at radius 2 is 1.34 bits per heavy atom. The van der Waals surface area contributed by atoms with Gasteiger partial charge >= 0.3 is 0 Å². The van der Waals surface area contributed by atoms with Gasteiger partial charge in [-0.3, -0.25) is 4.79 Å². The maximum Gasteiger partial charge on any atom is 0.169 e. The fraction of sp³-hybridized carbons (Fsp3) is 0.138. The number of hydrogen-bond acceptors (Lipinski definition) is 3. The molecule has 0 saturated carbocycles. The van der Waals surface area contributed by atoms with Crippen LogP contribution in [-0.4, -0.2) is 5.78 Å². The molecule has 0 unspecified atom stereocenters. The number of ketones is 1. The molecule has 6 rings (SSSR count). The number of nitrogens with zero attached hydrogens (tertiary/aromatic N) is 1. The van der Waals surface area contributed by atoms with Gasteiger partial charge in [0.2, 0.25) is 0 Å². The zero-order valence-electron chi connectivity index (χ0n) is 17.6. The highest BCUT2D eigenvalue weighted by Gasteiger charge is 2.61. The fourth-order valence-electron chi connectivity index (χ4n) is 5.39. The summed E-state index contributed by atoms with van der Waals surface area (Å²) in [5.41, 5.74) is 4.46. The van der Waals surface area contributed by atoms with E-state index in [1.54, 1.807) is 0 Å². The molecule has 0 radical (unpaired) electrons. The van der Waals surface area contributed by atoms with Gasteiger partial charge < -0.3 is 4.90 Å². The molecule has 4 aromatic rings. The third-order valence-electron chi connectivity index (χ3n) is 6.74. The van der Waals surface area contributed by atoms with Crippen molar-refractivity contribution < 1.29 is 4.79 Å². The van der Waals surface area contributed by atoms with E-state index in [2.05, 4.69) is 89.8 Å². The van der Waals surface area contributed by atoms with Crippen LogP contribution < -0.4 is 4.90 Å². The Morgan fingerprint density at radius 3 is 2.06 bits per heavy atom. The van der Waals surface area contributed by atoms with Crippen LogP contribution in [0.4, 0.5) is 5.69 Å². The number of carbonyl (C=O) groups is 1. The molecule has 1 fully saturated rings. The topological polar surface area (TPSA) is 20.3 Å². The largest absolute Gasteiger partial charge is 0.344 e. The average molecular weight is 434 g/mol. The van der Waals surface area contributed by atoms with Crippen molar-refractivity contribution in [2.75, 3.05) is 4.90 Å². The van der Waals surface area contributed by atoms with E-state index in [9.17, 15) is 4.79 Å². The third kappa shape index (κ3) is 2.85. The number of benzene rings is 4. The lowest BCUT2D eigenvalue weighted by atomic mass is 9.85. The maximum atomic E-state index is 14.1. The van der Waals surface area contributed by atoms with Crippen LogP contribution in [0, 0.1) is 5.92 Å². The molecule has 0 amide bonds. The van der Waals surface area contributed by atoms with Crippen LogP contribution in [0.5, 0.6) is 0 Å². The molecule has 2 nitrogen and oxygen atoms in total. The molecule has 2 aliphatic rings. The molecule has 2 aliphatic heterocycles. The van der Waals surface area contributed by atoms with E-state index in [1.165, 1.54) is 21.7 Å². The van der Waals surface area contributed by atoms with E-state index in [1.807, 2.05) is 42.1 Å². The van der Waals surface area contributed by atoms with Crippen molar-refractivity contribution in [3.05, 3.63) is 132 Å². The minimum absolute atomic E-state index is 0.130. The summed E-state index contributed by atoms with van der Waals surface area (Å²) in [6.45, 7) is 0. The molecule has 4 aromatic carbocycles. The molecule has 0 aromatic heterocycles. The van der Waals surface area contributed by atoms with Crippen molar-refractivity contribution in [1.29, 1.82) is 0 Å². The van der Waals surface area contributed by atoms with E-state index in [0.717, 1.165) is 12.0 Å². The van der Waals surface area contributed by atoms with Crippen LogP contribution in [0.25, 0.3) is 0 Å². The normalized spacial score (nSPS) is 23.6. The number of hydrogen-bond donors (Lipinski definition) is 0. The maximum absolute atomic E-state index is 14.1. The molecule has 156 valence electrons. The predicted molar refractivity (Wildman–Crippen MR) is 131 cm³/mol. The minimum atomic E-state index is -0.474. The van der Waals surface area contributed by atoms with Crippen molar-refractivity contribution in [2.45, 2.75) is 22.2 Å². The summed E-state index contributed by atoms with van der Waals surface area (Å²) in [5, 5.41) is 0. The summed E-state index contributed by atoms with van der Waals surface area (Å²) >= 11 is 1.84. The summed E-state index contributed by atoms with van der Waals surface area (Å²) in [6, 6.07) is 39.8. The van der Waals surface area contributed by atoms with Gasteiger partial charge in [-0.15, -0.1) is 0 Å². The summed E-state index contributed by atoms with van der Waals surface area (Å²) < 4.78 is 0. The first-order chi connectivity index (χ1) is 15.8. The Labute approximate surface area is 192 Å². The standard InChI is InChI=1S/C29H23NOS/c31-28(22-14-6-2-7-15-22)24-20-26(21-12-4-1-5-13-21)30-25-18-10-11-19-27(25)32-29(24,30)23-16-8-3-9-17-23/h1-19,24,26H,20H2/t24-,26-,29+/m1/s1. The van der Waals surface area contributed by atoms with Gasteiger partial charge in [-0.2, -0.15) is 0 Å². The number of fused-ring (bicyclic) bond motifs is 3. The lowest BCUT2D eigenvalue weighted by Crippen LogP contribution is -2.42. The molecular formula is C29H23NOS. The Kier molecular flexibility index (Phi) is 4.65. The molecule has 2 heterocycles. The van der Waals surface area contributed by atoms with Gasteiger partial charge in [0.1, 0.15) is 4.87 Å². The first-order valence-electron chi connectivity index (χ1n) is 11.1. The molecule has 3 heteroatoms. The lowest BCUT2D eigenvalue weighted by molar-refractivity contribution is 0.0903. The van der Waals surface area contributed by atoms with Crippen molar-refractivity contribution in [3.8, 4) is 0 Å². The average Bonchev–Trinajstić information content (AvgIpc) is 3.39. The number of carbonyl (C=O) groups excluding carboxylic acids is 1. The third-order valence-corrected chi connectivity index (χ3v) is 8.33. The predicted octanol–water partition coefficient (Wildman–Crippen LogP) is 7.10. The summed E-state index contributed by atoms with van der Waals surface area (Å²) in [5.74, 6) is 0.0492. The monoisotopic (exact) mass is 433 g/mol. The minimum Gasteiger partial charge on any atom is -0.344 e. The van der Waals surface area contributed by atoms with Gasteiger partial charge in [0.25, 0.3) is 0 Å². The second kappa shape index (κ2) is 7.68. The Bertz CT molecular complexity index is 1260. The molecule has 32 heavy (non-hydrogen) atoms. The Balaban J connectivity index is 1.59. The highest BCUT2D eigenvalue weighted by Crippen LogP contribution is 2.67. The fourth-order valence-corrected chi connectivity index (χ4v) is 7.07. The SMILES string of the molecule is O=C(c1ccccc1)[C@H]1C[C@H](c2ccccc2)N2c3ccccc3S[C@@]12c1ccccc1. The van der Waals surface area contributed by atoms with Crippen molar-refractivity contribution in [3.63, 3.8) is 0 Å². The lowest BCUT2D eigenvalue weighted by Gasteiger charge is -2.39. The van der Waals surface area contributed by atoms with E-state index in [-0.39, 0.29) is 17.7 Å². The highest BCUT2D eigenvalue weighted by molar-refractivity contribution is 8.01. The van der Waals surface area contributed by atoms with E-state index in [4.69, 9.17) is 0 Å². The van der Waals surface area contributed by atoms with E-state index in [0.29, 0.717) is 0 Å². The number of anilines is 1. The van der Waals surface area contributed by atoms with Crippen LogP contribution in [0.1, 0.15) is 33.9 Å². The molecule has 1 saturated heterocycles. The molecule has 0 N–H and O–H groups in total. The summed E-state index contributed by atoms with van der Waals surface area (Å²) in [4.78, 5) is 17.4. The van der Waals surface area contributed by atoms with Crippen molar-refractivity contribution >= 4 is 23.2 Å². The van der Waals surface area contributed by atoms with Crippen LogP contribution >= 0.6 is 11.8 Å². The number of para-hydroxylation sites is 1. The van der Waals surface area contributed by atoms with Crippen LogP contribution in [0.3, 0.4) is 0 Å². The second-order valence-electron chi connectivity index (χ2n) is 8.45. The first kappa shape index (κ1) is 19.4. The second-order valence-corrected chi connectivity index (χ2v) is 9.71. The molecule has 0 bridgehead atoms. The van der Waals surface area contributed by atoms with Crippen molar-refractivity contribution in [1.82, 2.24) is 0 Å². The van der Waals surface area contributed by atoms with Gasteiger partial charge in [0.05, 0.1) is 17.6 Å². The molecule has 0 aliphatic carbocycles. The van der Waals surface area contributed by atoms with Gasteiger partial charge in [0, 0.05) is 10.5 Å². The van der Waals surface area contributed by atoms with Gasteiger partial charge in [0.15, 0.2) is 5.78 Å². The smallest absolute Gasteiger partial charge is 0.169 e. The van der Waals surface area contributed by atoms with Crippen molar-refractivity contribution in [2.24, 2.45) is 5.92 Å². The van der Waals surface area contributed by atoms with Crippen LogP contribution in [-0.2, 0) is 4.87 Å². The van der Waals surface area contributed by atoms with Crippen LogP contribution in [0.15, 0.2) is 120 Å².